The fourth-order valence-corrected chi connectivity index (χ4v) is 3.01. The van der Waals surface area contributed by atoms with E-state index in [1.54, 1.807) is 0 Å². The van der Waals surface area contributed by atoms with Gasteiger partial charge in [-0.2, -0.15) is 0 Å². The average Bonchev–Trinajstić information content (AvgIpc) is 2.42. The summed E-state index contributed by atoms with van der Waals surface area (Å²) in [5.41, 5.74) is 0. The molecule has 0 radical (unpaired) electrons. The quantitative estimate of drug-likeness (QED) is 0.406. The molecule has 1 aliphatic rings. The summed E-state index contributed by atoms with van der Waals surface area (Å²) in [7, 11) is 0. The fourth-order valence-electron chi connectivity index (χ4n) is 3.01. The molecule has 5 heteroatoms. The van der Waals surface area contributed by atoms with Crippen LogP contribution in [0.3, 0.4) is 0 Å². The number of guanidine groups is 1. The fraction of sp³-hybridized carbons (Fsp3) is 0.938. The molecule has 0 aromatic rings. The molecule has 2 N–H and O–H groups in total. The van der Waals surface area contributed by atoms with Crippen molar-refractivity contribution < 1.29 is 4.74 Å². The Hall–Kier alpha value is -0.810. The minimum Gasteiger partial charge on any atom is -0.380 e. The van der Waals surface area contributed by atoms with Gasteiger partial charge in [0.05, 0.1) is 13.2 Å². The van der Waals surface area contributed by atoms with Gasteiger partial charge in [0.2, 0.25) is 0 Å². The first-order chi connectivity index (χ1) is 10.2. The largest absolute Gasteiger partial charge is 0.380 e. The number of hydrogen-bond acceptors (Lipinski definition) is 3. The number of ether oxygens (including phenoxy) is 1. The maximum atomic E-state index is 5.33. The van der Waals surface area contributed by atoms with Gasteiger partial charge in [-0.05, 0) is 32.1 Å². The molecule has 1 saturated heterocycles. The van der Waals surface area contributed by atoms with Crippen LogP contribution in [0.2, 0.25) is 0 Å². The summed E-state index contributed by atoms with van der Waals surface area (Å²) in [6, 6.07) is 0. The predicted molar refractivity (Wildman–Crippen MR) is 89.9 cm³/mol. The monoisotopic (exact) mass is 298 g/mol. The Morgan fingerprint density at radius 2 is 1.90 bits per heavy atom. The summed E-state index contributed by atoms with van der Waals surface area (Å²) in [6.45, 7) is 16.3. The van der Waals surface area contributed by atoms with E-state index in [1.807, 2.05) is 6.92 Å². The number of nitrogens with one attached hydrogen (secondary N) is 2. The van der Waals surface area contributed by atoms with Crippen molar-refractivity contribution >= 4 is 5.96 Å². The van der Waals surface area contributed by atoms with Crippen LogP contribution in [0.25, 0.3) is 0 Å². The number of likely N-dealkylation sites (tertiary alicyclic amines) is 1. The Morgan fingerprint density at radius 3 is 2.52 bits per heavy atom. The minimum absolute atomic E-state index is 0.724. The highest BCUT2D eigenvalue weighted by Gasteiger charge is 2.20. The molecule has 124 valence electrons. The van der Waals surface area contributed by atoms with E-state index in [0.29, 0.717) is 0 Å². The lowest BCUT2D eigenvalue weighted by atomic mass is 9.92. The van der Waals surface area contributed by atoms with Crippen LogP contribution in [0.15, 0.2) is 4.99 Å². The van der Waals surface area contributed by atoms with E-state index in [1.165, 1.54) is 19.5 Å². The molecule has 1 fully saturated rings. The van der Waals surface area contributed by atoms with Gasteiger partial charge in [0.25, 0.3) is 0 Å². The van der Waals surface area contributed by atoms with Crippen molar-refractivity contribution in [3.8, 4) is 0 Å². The lowest BCUT2D eigenvalue weighted by Crippen LogP contribution is -2.41. The normalized spacial score (nSPS) is 24.1. The van der Waals surface area contributed by atoms with Crippen molar-refractivity contribution in [2.45, 2.75) is 34.1 Å². The summed E-state index contributed by atoms with van der Waals surface area (Å²) >= 11 is 0. The Bertz CT molecular complexity index is 286. The van der Waals surface area contributed by atoms with Crippen LogP contribution in [0.5, 0.6) is 0 Å². The second-order valence-electron chi connectivity index (χ2n) is 6.09. The maximum Gasteiger partial charge on any atom is 0.191 e. The van der Waals surface area contributed by atoms with Crippen LogP contribution in [0.1, 0.15) is 34.1 Å². The molecule has 1 rings (SSSR count). The van der Waals surface area contributed by atoms with Gasteiger partial charge >= 0.3 is 0 Å². The Morgan fingerprint density at radius 1 is 1.19 bits per heavy atom. The molecule has 0 aliphatic carbocycles. The molecule has 5 nitrogen and oxygen atoms in total. The zero-order valence-corrected chi connectivity index (χ0v) is 14.3. The predicted octanol–water partition coefficient (Wildman–Crippen LogP) is 1.56. The number of nitrogens with zero attached hydrogens (tertiary/aromatic N) is 2. The van der Waals surface area contributed by atoms with Gasteiger partial charge in [0.15, 0.2) is 5.96 Å². The van der Waals surface area contributed by atoms with Crippen molar-refractivity contribution in [1.82, 2.24) is 15.5 Å². The third-order valence-corrected chi connectivity index (χ3v) is 3.72. The molecule has 1 aliphatic heterocycles. The number of rotatable bonds is 8. The van der Waals surface area contributed by atoms with Crippen LogP contribution in [0.4, 0.5) is 0 Å². The van der Waals surface area contributed by atoms with Crippen LogP contribution in [0, 0.1) is 11.8 Å². The summed E-state index contributed by atoms with van der Waals surface area (Å²) < 4.78 is 5.33. The lowest BCUT2D eigenvalue weighted by Gasteiger charge is -2.34. The van der Waals surface area contributed by atoms with Crippen molar-refractivity contribution in [2.75, 3.05) is 52.5 Å². The Labute approximate surface area is 130 Å². The molecule has 0 saturated carbocycles. The molecule has 21 heavy (non-hydrogen) atoms. The summed E-state index contributed by atoms with van der Waals surface area (Å²) in [5, 5.41) is 6.59. The molecule has 0 aromatic heterocycles. The van der Waals surface area contributed by atoms with E-state index in [0.717, 1.165) is 57.2 Å². The standard InChI is InChI=1S/C16H34N4O/c1-5-17-16(19-8-10-21-6-2)18-7-9-20-12-14(3)11-15(4)13-20/h14-15H,5-13H2,1-4H3,(H2,17,18,19). The second kappa shape index (κ2) is 10.9. The molecule has 0 bridgehead atoms. The van der Waals surface area contributed by atoms with Crippen LogP contribution in [-0.4, -0.2) is 63.3 Å². The van der Waals surface area contributed by atoms with Gasteiger partial charge in [0.1, 0.15) is 0 Å². The van der Waals surface area contributed by atoms with E-state index < -0.39 is 0 Å². The zero-order valence-electron chi connectivity index (χ0n) is 14.3. The van der Waals surface area contributed by atoms with Gasteiger partial charge in [-0.15, -0.1) is 0 Å². The summed E-state index contributed by atoms with van der Waals surface area (Å²) in [6.07, 6.45) is 1.36. The molecule has 0 spiro atoms. The topological polar surface area (TPSA) is 48.9 Å². The van der Waals surface area contributed by atoms with Gasteiger partial charge in [0, 0.05) is 39.3 Å². The molecule has 2 unspecified atom stereocenters. The maximum absolute atomic E-state index is 5.33. The van der Waals surface area contributed by atoms with Crippen molar-refractivity contribution in [3.63, 3.8) is 0 Å². The van der Waals surface area contributed by atoms with Crippen molar-refractivity contribution in [2.24, 2.45) is 16.8 Å². The Balaban J connectivity index is 2.28. The van der Waals surface area contributed by atoms with Gasteiger partial charge in [-0.1, -0.05) is 13.8 Å². The summed E-state index contributed by atoms with van der Waals surface area (Å²) in [5.74, 6) is 2.53. The average molecular weight is 298 g/mol. The van der Waals surface area contributed by atoms with Crippen LogP contribution in [-0.2, 0) is 4.74 Å². The van der Waals surface area contributed by atoms with E-state index in [-0.39, 0.29) is 0 Å². The molecule has 1 heterocycles. The SMILES string of the molecule is CCNC(=NCCN1CC(C)CC(C)C1)NCCOCC. The number of piperidine rings is 1. The molecular formula is C16H34N4O. The lowest BCUT2D eigenvalue weighted by molar-refractivity contribution is 0.145. The van der Waals surface area contributed by atoms with Gasteiger partial charge in [-0.3, -0.25) is 4.99 Å². The zero-order chi connectivity index (χ0) is 15.5. The molecule has 2 atom stereocenters. The van der Waals surface area contributed by atoms with E-state index in [9.17, 15) is 0 Å². The van der Waals surface area contributed by atoms with Gasteiger partial charge in [-0.25, -0.2) is 0 Å². The third-order valence-electron chi connectivity index (χ3n) is 3.72. The first-order valence-corrected chi connectivity index (χ1v) is 8.47. The molecule has 0 amide bonds. The van der Waals surface area contributed by atoms with Crippen molar-refractivity contribution in [1.29, 1.82) is 0 Å². The highest BCUT2D eigenvalue weighted by molar-refractivity contribution is 5.79. The first kappa shape index (κ1) is 18.2. The minimum atomic E-state index is 0.724. The smallest absolute Gasteiger partial charge is 0.191 e. The highest BCUT2D eigenvalue weighted by atomic mass is 16.5. The molecule has 0 aromatic carbocycles. The van der Waals surface area contributed by atoms with Crippen LogP contribution >= 0.6 is 0 Å². The van der Waals surface area contributed by atoms with Crippen LogP contribution < -0.4 is 10.6 Å². The van der Waals surface area contributed by atoms with E-state index in [2.05, 4.69) is 41.3 Å². The third kappa shape index (κ3) is 8.27. The number of aliphatic imine (C=N–C) groups is 1. The van der Waals surface area contributed by atoms with Crippen molar-refractivity contribution in [3.05, 3.63) is 0 Å². The van der Waals surface area contributed by atoms with E-state index in [4.69, 9.17) is 4.74 Å². The highest BCUT2D eigenvalue weighted by Crippen LogP contribution is 2.20. The Kier molecular flexibility index (Phi) is 9.42. The number of hydrogen-bond donors (Lipinski definition) is 2. The van der Waals surface area contributed by atoms with Gasteiger partial charge < -0.3 is 20.3 Å². The molecular weight excluding hydrogens is 264 g/mol. The van der Waals surface area contributed by atoms with E-state index >= 15 is 0 Å². The summed E-state index contributed by atoms with van der Waals surface area (Å²) in [4.78, 5) is 7.20. The first-order valence-electron chi connectivity index (χ1n) is 8.47. The second-order valence-corrected chi connectivity index (χ2v) is 6.09.